The Morgan fingerprint density at radius 2 is 1.58 bits per heavy atom. The molecule has 0 bridgehead atoms. The largest absolute Gasteiger partial charge is 0.459 e. The number of nitrogen functional groups attached to an aromatic ring is 2. The summed E-state index contributed by atoms with van der Waals surface area (Å²) in [6.07, 6.45) is 3.09. The molecule has 0 saturated heterocycles. The van der Waals surface area contributed by atoms with Crippen molar-refractivity contribution in [2.45, 2.75) is 39.2 Å². The van der Waals surface area contributed by atoms with E-state index in [2.05, 4.69) is 13.8 Å². The van der Waals surface area contributed by atoms with Gasteiger partial charge in [-0.15, -0.1) is 0 Å². The molecule has 0 aromatic heterocycles. The highest BCUT2D eigenvalue weighted by atomic mass is 16.5. The Morgan fingerprint density at radius 3 is 2.11 bits per heavy atom. The van der Waals surface area contributed by atoms with Gasteiger partial charge >= 0.3 is 5.97 Å². The highest BCUT2D eigenvalue weighted by Crippen LogP contribution is 2.31. The summed E-state index contributed by atoms with van der Waals surface area (Å²) in [4.78, 5) is 12.1. The molecule has 1 fully saturated rings. The summed E-state index contributed by atoms with van der Waals surface area (Å²) in [7, 11) is 0. The van der Waals surface area contributed by atoms with Gasteiger partial charge in [-0.3, -0.25) is 0 Å². The van der Waals surface area contributed by atoms with Crippen LogP contribution in [0, 0.1) is 11.8 Å². The summed E-state index contributed by atoms with van der Waals surface area (Å²) in [5.41, 5.74) is 12.8. The molecule has 0 radical (unpaired) electrons. The lowest BCUT2D eigenvalue weighted by Crippen LogP contribution is -2.28. The SMILES string of the molecule is CC1CC(C)CC(OC(=O)c2cc(N)cc(N)c2)C1. The van der Waals surface area contributed by atoms with Gasteiger partial charge in [0.05, 0.1) is 5.56 Å². The van der Waals surface area contributed by atoms with Gasteiger partial charge in [0.15, 0.2) is 0 Å². The van der Waals surface area contributed by atoms with Gasteiger partial charge in [0.2, 0.25) is 0 Å². The smallest absolute Gasteiger partial charge is 0.338 e. The molecule has 4 nitrogen and oxygen atoms in total. The fourth-order valence-corrected chi connectivity index (χ4v) is 2.98. The predicted molar refractivity (Wildman–Crippen MR) is 76.6 cm³/mol. The van der Waals surface area contributed by atoms with Crippen LogP contribution in [-0.4, -0.2) is 12.1 Å². The third kappa shape index (κ3) is 3.63. The number of hydrogen-bond donors (Lipinski definition) is 2. The molecule has 19 heavy (non-hydrogen) atoms. The van der Waals surface area contributed by atoms with E-state index in [1.807, 2.05) is 0 Å². The Bertz CT molecular complexity index is 443. The van der Waals surface area contributed by atoms with Crippen LogP contribution in [0.25, 0.3) is 0 Å². The molecule has 104 valence electrons. The summed E-state index contributed by atoms with van der Waals surface area (Å²) < 4.78 is 5.58. The normalized spacial score (nSPS) is 26.9. The maximum absolute atomic E-state index is 12.1. The average Bonchev–Trinajstić information content (AvgIpc) is 2.25. The molecular formula is C15H22N2O2. The molecule has 1 aliphatic rings. The van der Waals surface area contributed by atoms with Crippen LogP contribution >= 0.6 is 0 Å². The van der Waals surface area contributed by atoms with Crippen LogP contribution < -0.4 is 11.5 Å². The minimum absolute atomic E-state index is 0.00825. The van der Waals surface area contributed by atoms with Crippen molar-refractivity contribution in [2.24, 2.45) is 11.8 Å². The molecule has 1 aromatic carbocycles. The number of nitrogens with two attached hydrogens (primary N) is 2. The van der Waals surface area contributed by atoms with Gasteiger partial charge in [-0.25, -0.2) is 4.79 Å². The van der Waals surface area contributed by atoms with Crippen molar-refractivity contribution in [1.29, 1.82) is 0 Å². The number of ether oxygens (including phenoxy) is 1. The lowest BCUT2D eigenvalue weighted by Gasteiger charge is -2.31. The molecular weight excluding hydrogens is 240 g/mol. The number of carbonyl (C=O) groups is 1. The molecule has 1 saturated carbocycles. The van der Waals surface area contributed by atoms with Gasteiger partial charge in [-0.1, -0.05) is 13.8 Å². The Morgan fingerprint density at radius 1 is 1.05 bits per heavy atom. The van der Waals surface area contributed by atoms with Crippen LogP contribution in [0.5, 0.6) is 0 Å². The van der Waals surface area contributed by atoms with Gasteiger partial charge in [0.1, 0.15) is 6.10 Å². The second-order valence-electron chi connectivity index (χ2n) is 5.83. The Balaban J connectivity index is 2.04. The third-order valence-corrected chi connectivity index (χ3v) is 3.62. The van der Waals surface area contributed by atoms with Crippen molar-refractivity contribution in [3.63, 3.8) is 0 Å². The Hall–Kier alpha value is -1.71. The van der Waals surface area contributed by atoms with Crippen molar-refractivity contribution in [2.75, 3.05) is 11.5 Å². The molecule has 2 unspecified atom stereocenters. The van der Waals surface area contributed by atoms with E-state index in [0.29, 0.717) is 28.8 Å². The standard InChI is InChI=1S/C15H22N2O2/c1-9-3-10(2)5-14(4-9)19-15(18)11-6-12(16)8-13(17)7-11/h6-10,14H,3-5,16-17H2,1-2H3. The van der Waals surface area contributed by atoms with E-state index >= 15 is 0 Å². The number of hydrogen-bond acceptors (Lipinski definition) is 4. The zero-order chi connectivity index (χ0) is 14.0. The molecule has 2 rings (SSSR count). The van der Waals surface area contributed by atoms with E-state index in [9.17, 15) is 4.79 Å². The highest BCUT2D eigenvalue weighted by molar-refractivity contribution is 5.91. The molecule has 1 aliphatic carbocycles. The minimum atomic E-state index is -0.328. The lowest BCUT2D eigenvalue weighted by molar-refractivity contribution is 0.00807. The van der Waals surface area contributed by atoms with Gasteiger partial charge < -0.3 is 16.2 Å². The van der Waals surface area contributed by atoms with E-state index < -0.39 is 0 Å². The van der Waals surface area contributed by atoms with Crippen molar-refractivity contribution in [3.05, 3.63) is 23.8 Å². The quantitative estimate of drug-likeness (QED) is 0.634. The topological polar surface area (TPSA) is 78.3 Å². The Labute approximate surface area is 114 Å². The first kappa shape index (κ1) is 13.7. The lowest BCUT2D eigenvalue weighted by atomic mass is 9.82. The second-order valence-corrected chi connectivity index (χ2v) is 5.83. The highest BCUT2D eigenvalue weighted by Gasteiger charge is 2.27. The van der Waals surface area contributed by atoms with Gasteiger partial charge in [-0.05, 0) is 49.3 Å². The molecule has 1 aromatic rings. The maximum Gasteiger partial charge on any atom is 0.338 e. The van der Waals surface area contributed by atoms with E-state index in [0.717, 1.165) is 12.8 Å². The van der Waals surface area contributed by atoms with Crippen LogP contribution in [-0.2, 0) is 4.74 Å². The fraction of sp³-hybridized carbons (Fsp3) is 0.533. The van der Waals surface area contributed by atoms with Crippen molar-refractivity contribution < 1.29 is 9.53 Å². The molecule has 4 N–H and O–H groups in total. The fourth-order valence-electron chi connectivity index (χ4n) is 2.98. The number of benzene rings is 1. The molecule has 2 atom stereocenters. The van der Waals surface area contributed by atoms with Crippen molar-refractivity contribution >= 4 is 17.3 Å². The molecule has 0 spiro atoms. The van der Waals surface area contributed by atoms with E-state index in [4.69, 9.17) is 16.2 Å². The number of rotatable bonds is 2. The summed E-state index contributed by atoms with van der Waals surface area (Å²) in [5.74, 6) is 0.880. The number of esters is 1. The average molecular weight is 262 g/mol. The molecule has 0 amide bonds. The van der Waals surface area contributed by atoms with Gasteiger partial charge in [0, 0.05) is 11.4 Å². The maximum atomic E-state index is 12.1. The monoisotopic (exact) mass is 262 g/mol. The van der Waals surface area contributed by atoms with E-state index in [-0.39, 0.29) is 12.1 Å². The second kappa shape index (κ2) is 5.51. The van der Waals surface area contributed by atoms with Gasteiger partial charge in [-0.2, -0.15) is 0 Å². The zero-order valence-electron chi connectivity index (χ0n) is 11.6. The van der Waals surface area contributed by atoms with E-state index in [1.165, 1.54) is 6.42 Å². The summed E-state index contributed by atoms with van der Waals surface area (Å²) >= 11 is 0. The summed E-state index contributed by atoms with van der Waals surface area (Å²) in [6, 6.07) is 4.84. The van der Waals surface area contributed by atoms with Crippen LogP contribution in [0.15, 0.2) is 18.2 Å². The van der Waals surface area contributed by atoms with Crippen LogP contribution in [0.2, 0.25) is 0 Å². The van der Waals surface area contributed by atoms with Crippen LogP contribution in [0.3, 0.4) is 0 Å². The van der Waals surface area contributed by atoms with Crippen LogP contribution in [0.1, 0.15) is 43.5 Å². The molecule has 0 heterocycles. The first-order valence-electron chi connectivity index (χ1n) is 6.81. The number of carbonyl (C=O) groups excluding carboxylic acids is 1. The van der Waals surface area contributed by atoms with E-state index in [1.54, 1.807) is 18.2 Å². The van der Waals surface area contributed by atoms with Crippen molar-refractivity contribution in [1.82, 2.24) is 0 Å². The van der Waals surface area contributed by atoms with Gasteiger partial charge in [0.25, 0.3) is 0 Å². The predicted octanol–water partition coefficient (Wildman–Crippen LogP) is 2.83. The van der Waals surface area contributed by atoms with Crippen LogP contribution in [0.4, 0.5) is 11.4 Å². The summed E-state index contributed by atoms with van der Waals surface area (Å²) in [6.45, 7) is 4.41. The number of anilines is 2. The molecule has 0 aliphatic heterocycles. The Kier molecular flexibility index (Phi) is 3.98. The minimum Gasteiger partial charge on any atom is -0.459 e. The first-order valence-corrected chi connectivity index (χ1v) is 6.81. The zero-order valence-corrected chi connectivity index (χ0v) is 11.6. The molecule has 4 heteroatoms. The van der Waals surface area contributed by atoms with Crippen molar-refractivity contribution in [3.8, 4) is 0 Å². The summed E-state index contributed by atoms with van der Waals surface area (Å²) in [5, 5.41) is 0. The third-order valence-electron chi connectivity index (χ3n) is 3.62. The first-order chi connectivity index (χ1) is 8.94.